The number of halogens is 2. The number of anilines is 2. The van der Waals surface area contributed by atoms with Gasteiger partial charge < -0.3 is 15.4 Å². The molecule has 0 spiro atoms. The van der Waals surface area contributed by atoms with Gasteiger partial charge in [0.2, 0.25) is 5.91 Å². The monoisotopic (exact) mass is 376 g/mol. The fraction of sp³-hybridized carbons (Fsp3) is 0.158. The van der Waals surface area contributed by atoms with E-state index in [2.05, 4.69) is 10.6 Å². The number of esters is 1. The topological polar surface area (TPSA) is 67.4 Å². The number of benzene rings is 2. The molecule has 0 atom stereocenters. The Morgan fingerprint density at radius 2 is 1.92 bits per heavy atom. The first-order valence-electron chi connectivity index (χ1n) is 7.91. The van der Waals surface area contributed by atoms with Crippen LogP contribution in [-0.2, 0) is 14.3 Å². The highest BCUT2D eigenvalue weighted by Crippen LogP contribution is 2.22. The second-order valence-corrected chi connectivity index (χ2v) is 5.64. The smallest absolute Gasteiger partial charge is 0.330 e. The fourth-order valence-electron chi connectivity index (χ4n) is 2.03. The molecule has 0 saturated carbocycles. The molecule has 7 heteroatoms. The third-order valence-corrected chi connectivity index (χ3v) is 3.58. The third-order valence-electron chi connectivity index (χ3n) is 3.27. The second kappa shape index (κ2) is 9.58. The number of ether oxygens (including phenoxy) is 1. The van der Waals surface area contributed by atoms with E-state index in [1.165, 1.54) is 18.2 Å². The first kappa shape index (κ1) is 19.5. The Kier molecular flexibility index (Phi) is 7.17. The minimum Gasteiger partial charge on any atom is -0.463 e. The van der Waals surface area contributed by atoms with Crippen molar-refractivity contribution in [2.75, 3.05) is 23.8 Å². The quantitative estimate of drug-likeness (QED) is 0.563. The Hall–Kier alpha value is -2.86. The van der Waals surface area contributed by atoms with Crippen LogP contribution in [0.5, 0.6) is 0 Å². The summed E-state index contributed by atoms with van der Waals surface area (Å²) >= 11 is 5.87. The zero-order chi connectivity index (χ0) is 18.9. The van der Waals surface area contributed by atoms with Crippen molar-refractivity contribution in [2.24, 2.45) is 0 Å². The van der Waals surface area contributed by atoms with Gasteiger partial charge >= 0.3 is 5.97 Å². The number of nitrogens with one attached hydrogen (secondary N) is 2. The van der Waals surface area contributed by atoms with Crippen LogP contribution in [0.15, 0.2) is 48.5 Å². The predicted molar refractivity (Wildman–Crippen MR) is 101 cm³/mol. The molecule has 5 nitrogen and oxygen atoms in total. The normalized spacial score (nSPS) is 10.6. The van der Waals surface area contributed by atoms with Crippen molar-refractivity contribution >= 4 is 40.9 Å². The third kappa shape index (κ3) is 6.22. The van der Waals surface area contributed by atoms with Crippen LogP contribution in [0.4, 0.5) is 15.8 Å². The number of hydrogen-bond acceptors (Lipinski definition) is 4. The molecule has 2 rings (SSSR count). The molecule has 0 aliphatic carbocycles. The Morgan fingerprint density at radius 1 is 1.19 bits per heavy atom. The first-order valence-corrected chi connectivity index (χ1v) is 8.29. The summed E-state index contributed by atoms with van der Waals surface area (Å²) < 4.78 is 17.8. The van der Waals surface area contributed by atoms with E-state index in [0.717, 1.165) is 17.3 Å². The molecule has 2 aromatic carbocycles. The lowest BCUT2D eigenvalue weighted by Gasteiger charge is -2.09. The molecule has 0 aliphatic heterocycles. The molecule has 26 heavy (non-hydrogen) atoms. The van der Waals surface area contributed by atoms with Gasteiger partial charge in [-0.1, -0.05) is 23.7 Å². The minimum atomic E-state index is -0.469. The maximum absolute atomic E-state index is 13.0. The molecular weight excluding hydrogens is 359 g/mol. The number of amides is 1. The Bertz CT molecular complexity index is 807. The van der Waals surface area contributed by atoms with Gasteiger partial charge in [0.25, 0.3) is 0 Å². The highest BCUT2D eigenvalue weighted by Gasteiger charge is 2.06. The lowest BCUT2D eigenvalue weighted by molar-refractivity contribution is -0.137. The van der Waals surface area contributed by atoms with Crippen molar-refractivity contribution in [1.29, 1.82) is 0 Å². The van der Waals surface area contributed by atoms with Gasteiger partial charge in [-0.15, -0.1) is 0 Å². The Morgan fingerprint density at radius 3 is 2.58 bits per heavy atom. The van der Waals surface area contributed by atoms with E-state index in [1.807, 2.05) is 0 Å². The molecule has 0 aromatic heterocycles. The standard InChI is InChI=1S/C19H18ClFN2O3/c1-2-26-19(25)10-5-13-3-7-15(8-4-13)22-12-18(24)23-17-9-6-14(21)11-16(17)20/h3-11,22H,2,12H2,1H3,(H,23,24)/b10-5+. The van der Waals surface area contributed by atoms with E-state index < -0.39 is 11.8 Å². The van der Waals surface area contributed by atoms with Gasteiger partial charge in [0.05, 0.1) is 23.9 Å². The van der Waals surface area contributed by atoms with Crippen LogP contribution in [0.3, 0.4) is 0 Å². The molecule has 2 aromatic rings. The van der Waals surface area contributed by atoms with Gasteiger partial charge in [0.1, 0.15) is 5.82 Å². The van der Waals surface area contributed by atoms with Gasteiger partial charge in [-0.05, 0) is 48.9 Å². The van der Waals surface area contributed by atoms with Crippen LogP contribution in [0.2, 0.25) is 5.02 Å². The van der Waals surface area contributed by atoms with Crippen LogP contribution < -0.4 is 10.6 Å². The van der Waals surface area contributed by atoms with Crippen molar-refractivity contribution in [3.63, 3.8) is 0 Å². The molecular formula is C19H18ClFN2O3. The molecule has 0 heterocycles. The largest absolute Gasteiger partial charge is 0.463 e. The van der Waals surface area contributed by atoms with Crippen molar-refractivity contribution in [3.05, 3.63) is 64.9 Å². The van der Waals surface area contributed by atoms with Gasteiger partial charge in [0, 0.05) is 11.8 Å². The van der Waals surface area contributed by atoms with E-state index in [9.17, 15) is 14.0 Å². The number of carbonyl (C=O) groups is 2. The van der Waals surface area contributed by atoms with E-state index in [0.29, 0.717) is 12.3 Å². The van der Waals surface area contributed by atoms with Crippen LogP contribution in [0.1, 0.15) is 12.5 Å². The number of rotatable bonds is 7. The maximum Gasteiger partial charge on any atom is 0.330 e. The van der Waals surface area contributed by atoms with Gasteiger partial charge in [0.15, 0.2) is 0 Å². The summed E-state index contributed by atoms with van der Waals surface area (Å²) in [5.41, 5.74) is 1.91. The average molecular weight is 377 g/mol. The lowest BCUT2D eigenvalue weighted by atomic mass is 10.2. The van der Waals surface area contributed by atoms with Crippen LogP contribution in [0.25, 0.3) is 6.08 Å². The summed E-state index contributed by atoms with van der Waals surface area (Å²) in [5, 5.41) is 5.70. The first-order chi connectivity index (χ1) is 12.5. The SMILES string of the molecule is CCOC(=O)/C=C/c1ccc(NCC(=O)Nc2ccc(F)cc2Cl)cc1. The van der Waals surface area contributed by atoms with E-state index in [4.69, 9.17) is 16.3 Å². The highest BCUT2D eigenvalue weighted by molar-refractivity contribution is 6.33. The summed E-state index contributed by atoms with van der Waals surface area (Å²) in [5.74, 6) is -1.18. The number of carbonyl (C=O) groups excluding carboxylic acids is 2. The van der Waals surface area contributed by atoms with Gasteiger partial charge in [-0.3, -0.25) is 4.79 Å². The summed E-state index contributed by atoms with van der Waals surface area (Å²) in [6.07, 6.45) is 3.00. The Balaban J connectivity index is 1.85. The average Bonchev–Trinajstić information content (AvgIpc) is 2.62. The van der Waals surface area contributed by atoms with E-state index in [1.54, 1.807) is 37.3 Å². The summed E-state index contributed by atoms with van der Waals surface area (Å²) in [6, 6.07) is 10.9. The predicted octanol–water partition coefficient (Wildman–Crippen LogP) is 4.11. The van der Waals surface area contributed by atoms with Crippen molar-refractivity contribution < 1.29 is 18.7 Å². The summed E-state index contributed by atoms with van der Waals surface area (Å²) in [4.78, 5) is 23.2. The molecule has 136 valence electrons. The lowest BCUT2D eigenvalue weighted by Crippen LogP contribution is -2.21. The van der Waals surface area contributed by atoms with E-state index >= 15 is 0 Å². The zero-order valence-electron chi connectivity index (χ0n) is 14.1. The molecule has 0 unspecified atom stereocenters. The number of hydrogen-bond donors (Lipinski definition) is 2. The molecule has 0 saturated heterocycles. The maximum atomic E-state index is 13.0. The second-order valence-electron chi connectivity index (χ2n) is 5.23. The summed E-state index contributed by atoms with van der Waals surface area (Å²) in [7, 11) is 0. The van der Waals surface area contributed by atoms with Crippen molar-refractivity contribution in [3.8, 4) is 0 Å². The zero-order valence-corrected chi connectivity index (χ0v) is 14.8. The molecule has 2 N–H and O–H groups in total. The van der Waals surface area contributed by atoms with E-state index in [-0.39, 0.29) is 17.5 Å². The van der Waals surface area contributed by atoms with Crippen molar-refractivity contribution in [2.45, 2.75) is 6.92 Å². The summed E-state index contributed by atoms with van der Waals surface area (Å²) in [6.45, 7) is 2.09. The minimum absolute atomic E-state index is 0.0196. The van der Waals surface area contributed by atoms with Gasteiger partial charge in [-0.2, -0.15) is 0 Å². The van der Waals surface area contributed by atoms with Crippen LogP contribution in [-0.4, -0.2) is 25.0 Å². The highest BCUT2D eigenvalue weighted by atomic mass is 35.5. The fourth-order valence-corrected chi connectivity index (χ4v) is 2.25. The molecule has 1 amide bonds. The molecule has 0 radical (unpaired) electrons. The van der Waals surface area contributed by atoms with Crippen molar-refractivity contribution in [1.82, 2.24) is 0 Å². The van der Waals surface area contributed by atoms with Crippen LogP contribution in [0, 0.1) is 5.82 Å². The molecule has 0 fully saturated rings. The van der Waals surface area contributed by atoms with Gasteiger partial charge in [-0.25, -0.2) is 9.18 Å². The molecule has 0 bridgehead atoms. The Labute approximate surface area is 155 Å². The molecule has 0 aliphatic rings. The van der Waals surface area contributed by atoms with Crippen LogP contribution >= 0.6 is 11.6 Å².